The number of carbonyl (C=O) groups is 3. The van der Waals surface area contributed by atoms with E-state index in [1.165, 1.54) is 11.3 Å². The van der Waals surface area contributed by atoms with Crippen LogP contribution >= 0.6 is 22.9 Å². The summed E-state index contributed by atoms with van der Waals surface area (Å²) in [6.07, 6.45) is -0.938. The Balaban J connectivity index is 1.45. The number of anilines is 2. The van der Waals surface area contributed by atoms with E-state index in [1.807, 2.05) is 32.9 Å². The van der Waals surface area contributed by atoms with Crippen molar-refractivity contribution >= 4 is 52.2 Å². The fourth-order valence-corrected chi connectivity index (χ4v) is 4.85. The molecule has 10 heteroatoms. The summed E-state index contributed by atoms with van der Waals surface area (Å²) in [5, 5.41) is 0. The third-order valence-corrected chi connectivity index (χ3v) is 6.78. The SMILES string of the molecule is CC(C)(C)N(C[C@H]1CN(c2ccc(N3CCOCC3=O)cc2)C(=O)O1)C(=O)c1ccc(Cl)s1. The molecule has 0 N–H and O–H groups in total. The van der Waals surface area contributed by atoms with Gasteiger partial charge in [-0.2, -0.15) is 0 Å². The average Bonchev–Trinajstić information content (AvgIpc) is 3.37. The molecule has 0 saturated carbocycles. The van der Waals surface area contributed by atoms with Crippen molar-refractivity contribution in [2.45, 2.75) is 32.4 Å². The van der Waals surface area contributed by atoms with Crippen LogP contribution in [-0.2, 0) is 14.3 Å². The summed E-state index contributed by atoms with van der Waals surface area (Å²) in [6, 6.07) is 10.6. The predicted molar refractivity (Wildman–Crippen MR) is 127 cm³/mol. The maximum Gasteiger partial charge on any atom is 0.414 e. The molecule has 1 aromatic heterocycles. The molecule has 1 atom stereocenters. The van der Waals surface area contributed by atoms with Gasteiger partial charge in [0.1, 0.15) is 12.7 Å². The van der Waals surface area contributed by atoms with E-state index < -0.39 is 17.7 Å². The number of rotatable bonds is 5. The zero-order valence-corrected chi connectivity index (χ0v) is 20.3. The zero-order valence-electron chi connectivity index (χ0n) is 18.7. The van der Waals surface area contributed by atoms with E-state index in [-0.39, 0.29) is 25.0 Å². The van der Waals surface area contributed by atoms with E-state index in [1.54, 1.807) is 39.0 Å². The standard InChI is InChI=1S/C23H26ClN3O5S/c1-23(2,3)27(21(29)18-8-9-19(24)33-18)13-17-12-26(22(30)32-17)16-6-4-15(5-7-16)25-10-11-31-14-20(25)28/h4-9,17H,10-14H2,1-3H3/t17-/m1/s1. The van der Waals surface area contributed by atoms with Crippen molar-refractivity contribution in [3.05, 3.63) is 45.6 Å². The summed E-state index contributed by atoms with van der Waals surface area (Å²) in [4.78, 5) is 43.2. The molecule has 33 heavy (non-hydrogen) atoms. The van der Waals surface area contributed by atoms with Gasteiger partial charge in [-0.15, -0.1) is 11.3 Å². The van der Waals surface area contributed by atoms with Crippen LogP contribution in [0.2, 0.25) is 4.34 Å². The Hall–Kier alpha value is -2.62. The first-order valence-electron chi connectivity index (χ1n) is 10.7. The number of hydrogen-bond acceptors (Lipinski definition) is 6. The van der Waals surface area contributed by atoms with Crippen LogP contribution in [0.15, 0.2) is 36.4 Å². The molecule has 0 aliphatic carbocycles. The van der Waals surface area contributed by atoms with E-state index in [0.717, 1.165) is 5.69 Å². The van der Waals surface area contributed by atoms with Gasteiger partial charge < -0.3 is 19.3 Å². The molecule has 2 aliphatic rings. The largest absolute Gasteiger partial charge is 0.442 e. The highest BCUT2D eigenvalue weighted by Gasteiger charge is 2.38. The number of carbonyl (C=O) groups excluding carboxylic acids is 3. The highest BCUT2D eigenvalue weighted by Crippen LogP contribution is 2.29. The molecule has 3 amide bonds. The Kier molecular flexibility index (Phi) is 6.65. The summed E-state index contributed by atoms with van der Waals surface area (Å²) in [5.74, 6) is -0.234. The van der Waals surface area contributed by atoms with Crippen molar-refractivity contribution in [3.63, 3.8) is 0 Å². The van der Waals surface area contributed by atoms with Crippen molar-refractivity contribution < 1.29 is 23.9 Å². The molecule has 4 rings (SSSR count). The van der Waals surface area contributed by atoms with Crippen molar-refractivity contribution in [1.29, 1.82) is 0 Å². The summed E-state index contributed by atoms with van der Waals surface area (Å²) in [5.41, 5.74) is 0.959. The molecule has 0 bridgehead atoms. The number of hydrogen-bond donors (Lipinski definition) is 0. The smallest absolute Gasteiger partial charge is 0.414 e. The fourth-order valence-electron chi connectivity index (χ4n) is 3.86. The number of thiophene rings is 1. The van der Waals surface area contributed by atoms with Gasteiger partial charge in [0.2, 0.25) is 0 Å². The van der Waals surface area contributed by atoms with E-state index in [9.17, 15) is 14.4 Å². The van der Waals surface area contributed by atoms with Gasteiger partial charge in [0, 0.05) is 23.5 Å². The normalized spacial score (nSPS) is 19.1. The maximum absolute atomic E-state index is 13.1. The lowest BCUT2D eigenvalue weighted by Gasteiger charge is -2.36. The average molecular weight is 492 g/mol. The number of ether oxygens (including phenoxy) is 2. The van der Waals surface area contributed by atoms with Gasteiger partial charge in [0.05, 0.1) is 28.9 Å². The third kappa shape index (κ3) is 5.15. The number of cyclic esters (lactones) is 1. The highest BCUT2D eigenvalue weighted by atomic mass is 35.5. The fraction of sp³-hybridized carbons (Fsp3) is 0.435. The van der Waals surface area contributed by atoms with Gasteiger partial charge >= 0.3 is 6.09 Å². The van der Waals surface area contributed by atoms with Crippen LogP contribution in [-0.4, -0.2) is 67.3 Å². The number of amides is 3. The van der Waals surface area contributed by atoms with Crippen LogP contribution in [0, 0.1) is 0 Å². The Bertz CT molecular complexity index is 1050. The third-order valence-electron chi connectivity index (χ3n) is 5.56. The number of morpholine rings is 1. The van der Waals surface area contributed by atoms with Gasteiger partial charge in [-0.1, -0.05) is 11.6 Å². The summed E-state index contributed by atoms with van der Waals surface area (Å²) >= 11 is 7.24. The highest BCUT2D eigenvalue weighted by molar-refractivity contribution is 7.17. The first-order chi connectivity index (χ1) is 15.6. The monoisotopic (exact) mass is 491 g/mol. The second-order valence-corrected chi connectivity index (χ2v) is 10.6. The van der Waals surface area contributed by atoms with Gasteiger partial charge in [-0.3, -0.25) is 14.5 Å². The molecular weight excluding hydrogens is 466 g/mol. The Morgan fingerprint density at radius 1 is 1.12 bits per heavy atom. The molecule has 2 aliphatic heterocycles. The summed E-state index contributed by atoms with van der Waals surface area (Å²) < 4.78 is 11.3. The lowest BCUT2D eigenvalue weighted by Crippen LogP contribution is -2.49. The molecule has 0 radical (unpaired) electrons. The van der Waals surface area contributed by atoms with Crippen LogP contribution in [0.3, 0.4) is 0 Å². The van der Waals surface area contributed by atoms with Gasteiger partial charge in [0.25, 0.3) is 11.8 Å². The lowest BCUT2D eigenvalue weighted by atomic mass is 10.0. The van der Waals surface area contributed by atoms with Crippen LogP contribution < -0.4 is 9.80 Å². The lowest BCUT2D eigenvalue weighted by molar-refractivity contribution is -0.125. The summed E-state index contributed by atoms with van der Waals surface area (Å²) in [6.45, 7) is 7.48. The van der Waals surface area contributed by atoms with Crippen LogP contribution in [0.1, 0.15) is 30.4 Å². The van der Waals surface area contributed by atoms with E-state index in [4.69, 9.17) is 21.1 Å². The number of halogens is 1. The number of benzene rings is 1. The predicted octanol–water partition coefficient (Wildman–Crippen LogP) is 4.03. The first-order valence-corrected chi connectivity index (χ1v) is 11.9. The van der Waals surface area contributed by atoms with Crippen molar-refractivity contribution in [1.82, 2.24) is 4.90 Å². The van der Waals surface area contributed by atoms with Crippen LogP contribution in [0.5, 0.6) is 0 Å². The van der Waals surface area contributed by atoms with E-state index in [0.29, 0.717) is 34.6 Å². The molecule has 0 unspecified atom stereocenters. The van der Waals surface area contributed by atoms with Gasteiger partial charge in [-0.25, -0.2) is 4.79 Å². The van der Waals surface area contributed by atoms with Crippen molar-refractivity contribution in [2.24, 2.45) is 0 Å². The molecule has 0 spiro atoms. The van der Waals surface area contributed by atoms with Crippen LogP contribution in [0.4, 0.5) is 16.2 Å². The van der Waals surface area contributed by atoms with E-state index in [2.05, 4.69) is 0 Å². The number of nitrogens with zero attached hydrogens (tertiary/aromatic N) is 3. The van der Waals surface area contributed by atoms with E-state index >= 15 is 0 Å². The molecule has 2 aromatic rings. The molecule has 176 valence electrons. The second kappa shape index (κ2) is 9.32. The van der Waals surface area contributed by atoms with Crippen LogP contribution in [0.25, 0.3) is 0 Å². The minimum absolute atomic E-state index is 0.0720. The Morgan fingerprint density at radius 2 is 1.79 bits per heavy atom. The second-order valence-electron chi connectivity index (χ2n) is 8.92. The summed E-state index contributed by atoms with van der Waals surface area (Å²) in [7, 11) is 0. The Morgan fingerprint density at radius 3 is 2.36 bits per heavy atom. The van der Waals surface area contributed by atoms with Gasteiger partial charge in [-0.05, 0) is 57.2 Å². The maximum atomic E-state index is 13.1. The van der Waals surface area contributed by atoms with Crippen molar-refractivity contribution in [2.75, 3.05) is 42.6 Å². The Labute approximate surface area is 201 Å². The molecule has 2 fully saturated rings. The molecule has 8 nitrogen and oxygen atoms in total. The van der Waals surface area contributed by atoms with Gasteiger partial charge in [0.15, 0.2) is 0 Å². The minimum Gasteiger partial charge on any atom is -0.442 e. The minimum atomic E-state index is -0.475. The molecular formula is C23H26ClN3O5S. The topological polar surface area (TPSA) is 79.4 Å². The van der Waals surface area contributed by atoms with Crippen molar-refractivity contribution in [3.8, 4) is 0 Å². The zero-order chi connectivity index (χ0) is 23.8. The molecule has 2 saturated heterocycles. The molecule has 1 aromatic carbocycles. The molecule has 3 heterocycles. The quantitative estimate of drug-likeness (QED) is 0.631. The first kappa shape index (κ1) is 23.5.